The van der Waals surface area contributed by atoms with Gasteiger partial charge in [0.15, 0.2) is 11.6 Å². The Hall–Kier alpha value is -2.89. The van der Waals surface area contributed by atoms with Crippen molar-refractivity contribution in [2.24, 2.45) is 0 Å². The molecule has 6 heteroatoms. The summed E-state index contributed by atoms with van der Waals surface area (Å²) in [6, 6.07) is 13.1. The topological polar surface area (TPSA) is 67.4 Å². The maximum Gasteiger partial charge on any atom is 0.251 e. The van der Waals surface area contributed by atoms with Crippen LogP contribution in [0.4, 0.5) is 4.39 Å². The summed E-state index contributed by atoms with van der Waals surface area (Å²) in [5.74, 6) is -0.622. The summed E-state index contributed by atoms with van der Waals surface area (Å²) in [5.41, 5.74) is 1.41. The summed E-state index contributed by atoms with van der Waals surface area (Å²) < 4.78 is 19.0. The van der Waals surface area contributed by atoms with E-state index in [4.69, 9.17) is 4.74 Å². The summed E-state index contributed by atoms with van der Waals surface area (Å²) >= 11 is 0. The van der Waals surface area contributed by atoms with Crippen LogP contribution in [-0.4, -0.2) is 24.5 Å². The number of hydrogen-bond acceptors (Lipinski definition) is 3. The second-order valence-corrected chi connectivity index (χ2v) is 5.68. The number of nitrogens with one attached hydrogen (secondary N) is 2. The van der Waals surface area contributed by atoms with E-state index in [1.807, 2.05) is 0 Å². The minimum absolute atomic E-state index is 0.106. The van der Waals surface area contributed by atoms with E-state index < -0.39 is 5.82 Å². The Balaban J connectivity index is 1.83. The highest BCUT2D eigenvalue weighted by atomic mass is 19.1. The number of hydrogen-bond donors (Lipinski definition) is 2. The lowest BCUT2D eigenvalue weighted by atomic mass is 10.1. The molecule has 0 bridgehead atoms. The number of para-hydroxylation sites is 1. The van der Waals surface area contributed by atoms with Crippen molar-refractivity contribution in [1.29, 1.82) is 0 Å². The first-order chi connectivity index (χ1) is 12.0. The maximum atomic E-state index is 13.5. The molecule has 0 radical (unpaired) electrons. The first-order valence-corrected chi connectivity index (χ1v) is 7.98. The first-order valence-electron chi connectivity index (χ1n) is 7.98. The Morgan fingerprint density at radius 3 is 2.40 bits per heavy atom. The molecule has 0 unspecified atom stereocenters. The fourth-order valence-corrected chi connectivity index (χ4v) is 2.14. The molecule has 0 saturated carbocycles. The van der Waals surface area contributed by atoms with Crippen LogP contribution in [0, 0.1) is 5.82 Å². The van der Waals surface area contributed by atoms with Crippen molar-refractivity contribution in [2.75, 3.05) is 6.54 Å². The number of halogens is 1. The van der Waals surface area contributed by atoms with Gasteiger partial charge in [-0.3, -0.25) is 9.59 Å². The van der Waals surface area contributed by atoms with Gasteiger partial charge in [-0.1, -0.05) is 24.3 Å². The van der Waals surface area contributed by atoms with Gasteiger partial charge in [0.2, 0.25) is 5.91 Å². The van der Waals surface area contributed by atoms with Crippen molar-refractivity contribution in [2.45, 2.75) is 26.5 Å². The SMILES string of the molecule is CC(=O)NCc1ccc(C(=O)NC[C@@H](C)Oc2ccccc2F)cc1. The Kier molecular flexibility index (Phi) is 6.51. The van der Waals surface area contributed by atoms with E-state index in [-0.39, 0.29) is 30.2 Å². The molecule has 2 aromatic carbocycles. The highest BCUT2D eigenvalue weighted by molar-refractivity contribution is 5.94. The van der Waals surface area contributed by atoms with E-state index in [1.54, 1.807) is 49.4 Å². The van der Waals surface area contributed by atoms with Crippen LogP contribution in [-0.2, 0) is 11.3 Å². The molecule has 0 saturated heterocycles. The van der Waals surface area contributed by atoms with Gasteiger partial charge in [0, 0.05) is 19.0 Å². The molecule has 0 heterocycles. The fraction of sp³-hybridized carbons (Fsp3) is 0.263. The van der Waals surface area contributed by atoms with Gasteiger partial charge >= 0.3 is 0 Å². The fourth-order valence-electron chi connectivity index (χ4n) is 2.14. The Labute approximate surface area is 146 Å². The molecule has 25 heavy (non-hydrogen) atoms. The summed E-state index contributed by atoms with van der Waals surface area (Å²) in [4.78, 5) is 23.0. The van der Waals surface area contributed by atoms with E-state index in [9.17, 15) is 14.0 Å². The van der Waals surface area contributed by atoms with Gasteiger partial charge in [-0.05, 0) is 36.8 Å². The van der Waals surface area contributed by atoms with Crippen LogP contribution in [0.15, 0.2) is 48.5 Å². The molecule has 0 aromatic heterocycles. The Morgan fingerprint density at radius 1 is 1.08 bits per heavy atom. The van der Waals surface area contributed by atoms with Gasteiger partial charge in [0.05, 0.1) is 6.54 Å². The average Bonchev–Trinajstić information content (AvgIpc) is 2.60. The molecule has 0 aliphatic rings. The summed E-state index contributed by atoms with van der Waals surface area (Å²) in [7, 11) is 0. The van der Waals surface area contributed by atoms with Crippen molar-refractivity contribution >= 4 is 11.8 Å². The maximum absolute atomic E-state index is 13.5. The quantitative estimate of drug-likeness (QED) is 0.811. The predicted molar refractivity (Wildman–Crippen MR) is 92.8 cm³/mol. The van der Waals surface area contributed by atoms with Gasteiger partial charge in [-0.25, -0.2) is 4.39 Å². The molecule has 0 fully saturated rings. The average molecular weight is 344 g/mol. The van der Waals surface area contributed by atoms with Crippen molar-refractivity contribution < 1.29 is 18.7 Å². The highest BCUT2D eigenvalue weighted by Gasteiger charge is 2.11. The minimum atomic E-state index is -0.435. The van der Waals surface area contributed by atoms with E-state index in [0.717, 1.165) is 5.56 Å². The van der Waals surface area contributed by atoms with Gasteiger partial charge in [0.1, 0.15) is 6.10 Å². The van der Waals surface area contributed by atoms with E-state index in [0.29, 0.717) is 12.1 Å². The molecule has 2 N–H and O–H groups in total. The number of carbonyl (C=O) groups is 2. The van der Waals surface area contributed by atoms with Gasteiger partial charge in [-0.2, -0.15) is 0 Å². The summed E-state index contributed by atoms with van der Waals surface area (Å²) in [6.07, 6.45) is -0.375. The van der Waals surface area contributed by atoms with Crippen molar-refractivity contribution in [1.82, 2.24) is 10.6 Å². The smallest absolute Gasteiger partial charge is 0.251 e. The summed E-state index contributed by atoms with van der Waals surface area (Å²) in [6.45, 7) is 3.88. The van der Waals surface area contributed by atoms with Crippen LogP contribution < -0.4 is 15.4 Å². The normalized spacial score (nSPS) is 11.5. The second kappa shape index (κ2) is 8.82. The zero-order chi connectivity index (χ0) is 18.2. The van der Waals surface area contributed by atoms with Crippen LogP contribution in [0.1, 0.15) is 29.8 Å². The predicted octanol–water partition coefficient (Wildman–Crippen LogP) is 2.66. The molecule has 0 aliphatic heterocycles. The van der Waals surface area contributed by atoms with Gasteiger partial charge in [0.25, 0.3) is 5.91 Å². The zero-order valence-electron chi connectivity index (χ0n) is 14.2. The monoisotopic (exact) mass is 344 g/mol. The lowest BCUT2D eigenvalue weighted by Gasteiger charge is -2.16. The van der Waals surface area contributed by atoms with Gasteiger partial charge < -0.3 is 15.4 Å². The second-order valence-electron chi connectivity index (χ2n) is 5.68. The molecule has 132 valence electrons. The van der Waals surface area contributed by atoms with Crippen LogP contribution >= 0.6 is 0 Å². The molecule has 2 rings (SSSR count). The van der Waals surface area contributed by atoms with Crippen LogP contribution in [0.2, 0.25) is 0 Å². The zero-order valence-corrected chi connectivity index (χ0v) is 14.2. The van der Waals surface area contributed by atoms with Crippen LogP contribution in [0.3, 0.4) is 0 Å². The Bertz CT molecular complexity index is 732. The van der Waals surface area contributed by atoms with Crippen molar-refractivity contribution in [3.63, 3.8) is 0 Å². The molecular formula is C19H21FN2O3. The highest BCUT2D eigenvalue weighted by Crippen LogP contribution is 2.16. The van der Waals surface area contributed by atoms with Gasteiger partial charge in [-0.15, -0.1) is 0 Å². The molecule has 0 aliphatic carbocycles. The van der Waals surface area contributed by atoms with Crippen LogP contribution in [0.25, 0.3) is 0 Å². The molecular weight excluding hydrogens is 323 g/mol. The van der Waals surface area contributed by atoms with E-state index in [2.05, 4.69) is 10.6 Å². The third-order valence-electron chi connectivity index (χ3n) is 3.47. The first kappa shape index (κ1) is 18.4. The van der Waals surface area contributed by atoms with E-state index in [1.165, 1.54) is 13.0 Å². The third-order valence-corrected chi connectivity index (χ3v) is 3.47. The van der Waals surface area contributed by atoms with Crippen LogP contribution in [0.5, 0.6) is 5.75 Å². The third kappa shape index (κ3) is 5.91. The molecule has 2 amide bonds. The number of amides is 2. The number of carbonyl (C=O) groups excluding carboxylic acids is 2. The number of rotatable bonds is 7. The molecule has 5 nitrogen and oxygen atoms in total. The molecule has 0 spiro atoms. The van der Waals surface area contributed by atoms with Crippen molar-refractivity contribution in [3.05, 3.63) is 65.5 Å². The Morgan fingerprint density at radius 2 is 1.76 bits per heavy atom. The summed E-state index contributed by atoms with van der Waals surface area (Å²) in [5, 5.41) is 5.44. The number of ether oxygens (including phenoxy) is 1. The molecule has 1 atom stereocenters. The largest absolute Gasteiger partial charge is 0.486 e. The molecule has 2 aromatic rings. The van der Waals surface area contributed by atoms with E-state index >= 15 is 0 Å². The standard InChI is InChI=1S/C19H21FN2O3/c1-13(25-18-6-4-3-5-17(18)20)11-22-19(24)16-9-7-15(8-10-16)12-21-14(2)23/h3-10,13H,11-12H2,1-2H3,(H,21,23)(H,22,24)/t13-/m1/s1. The lowest BCUT2D eigenvalue weighted by Crippen LogP contribution is -2.33. The minimum Gasteiger partial charge on any atom is -0.486 e. The van der Waals surface area contributed by atoms with Crippen molar-refractivity contribution in [3.8, 4) is 5.75 Å². The lowest BCUT2D eigenvalue weighted by molar-refractivity contribution is -0.119. The number of benzene rings is 2.